The summed E-state index contributed by atoms with van der Waals surface area (Å²) >= 11 is 0. The Morgan fingerprint density at radius 3 is 1.85 bits per heavy atom. The Labute approximate surface area is 170 Å². The summed E-state index contributed by atoms with van der Waals surface area (Å²) in [6, 6.07) is 0.625. The third kappa shape index (κ3) is 10.4. The number of H-pyrrole nitrogens is 1. The maximum atomic E-state index is 3.58. The summed E-state index contributed by atoms with van der Waals surface area (Å²) in [5, 5.41) is 0. The lowest BCUT2D eigenvalue weighted by Gasteiger charge is -2.15. The molecule has 2 heteroatoms. The van der Waals surface area contributed by atoms with Crippen molar-refractivity contribution in [1.29, 1.82) is 0 Å². The summed E-state index contributed by atoms with van der Waals surface area (Å²) in [6.07, 6.45) is 26.6. The normalized spacial score (nSPS) is 13.8. The Morgan fingerprint density at radius 1 is 0.741 bits per heavy atom. The number of nitrogens with one attached hydrogen (secondary N) is 1. The van der Waals surface area contributed by atoms with Crippen molar-refractivity contribution in [2.75, 3.05) is 0 Å². The Hall–Kier alpha value is -0.790. The molecule has 0 aliphatic rings. The number of unbranched alkanes of at least 4 members (excludes halogenated alkanes) is 11. The third-order valence-corrected chi connectivity index (χ3v) is 6.23. The second-order valence-corrected chi connectivity index (χ2v) is 8.67. The maximum absolute atomic E-state index is 3.58. The molecule has 1 N–H and O–H groups in total. The minimum absolute atomic E-state index is 0.625. The first-order chi connectivity index (χ1) is 13.2. The van der Waals surface area contributed by atoms with Crippen molar-refractivity contribution >= 4 is 0 Å². The van der Waals surface area contributed by atoms with E-state index in [0.717, 1.165) is 0 Å². The minimum Gasteiger partial charge on any atom is -0.247 e. The van der Waals surface area contributed by atoms with Gasteiger partial charge in [-0.1, -0.05) is 97.8 Å². The molecule has 158 valence electrons. The second-order valence-electron chi connectivity index (χ2n) is 8.67. The van der Waals surface area contributed by atoms with Gasteiger partial charge in [-0.2, -0.15) is 0 Å². The molecule has 0 aliphatic heterocycles. The van der Waals surface area contributed by atoms with Crippen LogP contribution in [0.4, 0.5) is 0 Å². The van der Waals surface area contributed by atoms with Gasteiger partial charge in [0.2, 0.25) is 0 Å². The molecule has 1 aromatic heterocycles. The molecule has 0 saturated carbocycles. The Balaban J connectivity index is 2.25. The van der Waals surface area contributed by atoms with Crippen LogP contribution in [-0.2, 0) is 0 Å². The molecule has 0 bridgehead atoms. The largest absolute Gasteiger partial charge is 0.257 e. The van der Waals surface area contributed by atoms with Crippen molar-refractivity contribution in [3.8, 4) is 0 Å². The fourth-order valence-electron chi connectivity index (χ4n) is 4.31. The highest BCUT2D eigenvalue weighted by Crippen LogP contribution is 2.24. The van der Waals surface area contributed by atoms with E-state index in [4.69, 9.17) is 0 Å². The van der Waals surface area contributed by atoms with Crippen LogP contribution in [0.25, 0.3) is 0 Å². The molecule has 2 atom stereocenters. The third-order valence-electron chi connectivity index (χ3n) is 6.23. The highest BCUT2D eigenvalue weighted by Gasteiger charge is 2.24. The van der Waals surface area contributed by atoms with E-state index < -0.39 is 0 Å². The van der Waals surface area contributed by atoms with E-state index in [0.29, 0.717) is 12.0 Å². The van der Waals surface area contributed by atoms with Gasteiger partial charge >= 0.3 is 0 Å². The van der Waals surface area contributed by atoms with Crippen LogP contribution in [0, 0.1) is 0 Å². The molecule has 0 fully saturated rings. The lowest BCUT2D eigenvalue weighted by molar-refractivity contribution is -0.727. The van der Waals surface area contributed by atoms with Crippen LogP contribution in [0.3, 0.4) is 0 Å². The van der Waals surface area contributed by atoms with Crippen LogP contribution in [0.2, 0.25) is 0 Å². The lowest BCUT2D eigenvalue weighted by atomic mass is 9.96. The average Bonchev–Trinajstić information content (AvgIpc) is 3.16. The second kappa shape index (κ2) is 16.2. The van der Waals surface area contributed by atoms with Crippen LogP contribution < -0.4 is 4.57 Å². The van der Waals surface area contributed by atoms with Crippen LogP contribution in [0.5, 0.6) is 0 Å². The number of aromatic amines is 1. The first-order valence-corrected chi connectivity index (χ1v) is 12.3. The Bertz CT molecular complexity index is 437. The molecule has 27 heavy (non-hydrogen) atoms. The average molecular weight is 378 g/mol. The highest BCUT2D eigenvalue weighted by atomic mass is 15.1. The van der Waals surface area contributed by atoms with Gasteiger partial charge in [0.25, 0.3) is 5.82 Å². The van der Waals surface area contributed by atoms with Crippen LogP contribution in [0.1, 0.15) is 148 Å². The first-order valence-electron chi connectivity index (χ1n) is 12.3. The van der Waals surface area contributed by atoms with Crippen LogP contribution >= 0.6 is 0 Å². The first kappa shape index (κ1) is 24.2. The molecular formula is C25H49N2+. The number of imidazole rings is 1. The fraction of sp³-hybridized carbons (Fsp3) is 0.880. The standard InChI is InChI=1S/C25H48N2/c1-5-8-10-11-12-13-14-15-16-18-20-24(7-3)25-26-21-22-27(25)23(4)19-17-9-6-2/h21-24H,5-20H2,1-4H3/p+1. The Morgan fingerprint density at radius 2 is 1.26 bits per heavy atom. The topological polar surface area (TPSA) is 19.7 Å². The SMILES string of the molecule is CCCCCCCCCCCCC(CC)c1[nH]cc[n+]1C(C)CCCCC. The zero-order chi connectivity index (χ0) is 19.7. The monoisotopic (exact) mass is 377 g/mol. The van der Waals surface area contributed by atoms with E-state index in [9.17, 15) is 0 Å². The number of hydrogen-bond donors (Lipinski definition) is 1. The summed E-state index contributed by atoms with van der Waals surface area (Å²) < 4.78 is 2.53. The van der Waals surface area contributed by atoms with Gasteiger partial charge < -0.3 is 0 Å². The molecule has 1 rings (SSSR count). The number of aromatic nitrogens is 2. The highest BCUT2D eigenvalue weighted by molar-refractivity contribution is 4.89. The molecule has 2 nitrogen and oxygen atoms in total. The zero-order valence-electron chi connectivity index (χ0n) is 19.1. The number of hydrogen-bond acceptors (Lipinski definition) is 0. The van der Waals surface area contributed by atoms with Gasteiger partial charge in [-0.05, 0) is 32.6 Å². The fourth-order valence-corrected chi connectivity index (χ4v) is 4.31. The van der Waals surface area contributed by atoms with E-state index in [1.165, 1.54) is 109 Å². The molecule has 0 aliphatic carbocycles. The van der Waals surface area contributed by atoms with Crippen molar-refractivity contribution in [3.63, 3.8) is 0 Å². The van der Waals surface area contributed by atoms with E-state index >= 15 is 0 Å². The smallest absolute Gasteiger partial charge is 0.247 e. The van der Waals surface area contributed by atoms with Crippen LogP contribution in [-0.4, -0.2) is 4.98 Å². The quantitative estimate of drug-likeness (QED) is 0.196. The molecule has 1 heterocycles. The molecule has 2 unspecified atom stereocenters. The summed E-state index contributed by atoms with van der Waals surface area (Å²) in [6.45, 7) is 9.33. The van der Waals surface area contributed by atoms with Gasteiger partial charge in [0.15, 0.2) is 0 Å². The van der Waals surface area contributed by atoms with Gasteiger partial charge in [-0.25, -0.2) is 9.55 Å². The van der Waals surface area contributed by atoms with E-state index in [-0.39, 0.29) is 0 Å². The zero-order valence-corrected chi connectivity index (χ0v) is 19.1. The number of nitrogens with zero attached hydrogens (tertiary/aromatic N) is 1. The predicted molar refractivity (Wildman–Crippen MR) is 119 cm³/mol. The lowest BCUT2D eigenvalue weighted by Crippen LogP contribution is -2.41. The summed E-state index contributed by atoms with van der Waals surface area (Å²) in [4.78, 5) is 3.58. The van der Waals surface area contributed by atoms with Crippen molar-refractivity contribution in [1.82, 2.24) is 4.98 Å². The molecule has 1 aromatic rings. The Kier molecular flexibility index (Phi) is 14.5. The molecule has 0 radical (unpaired) electrons. The minimum atomic E-state index is 0.625. The van der Waals surface area contributed by atoms with Crippen molar-refractivity contribution in [2.45, 2.75) is 142 Å². The summed E-state index contributed by atoms with van der Waals surface area (Å²) in [7, 11) is 0. The summed E-state index contributed by atoms with van der Waals surface area (Å²) in [5.74, 6) is 2.17. The van der Waals surface area contributed by atoms with Crippen molar-refractivity contribution in [2.24, 2.45) is 0 Å². The van der Waals surface area contributed by atoms with Gasteiger partial charge in [-0.15, -0.1) is 0 Å². The number of rotatable bonds is 18. The molecule has 0 saturated heterocycles. The predicted octanol–water partition coefficient (Wildman–Crippen LogP) is 8.25. The van der Waals surface area contributed by atoms with Crippen molar-refractivity contribution < 1.29 is 4.57 Å². The maximum Gasteiger partial charge on any atom is 0.257 e. The van der Waals surface area contributed by atoms with Gasteiger partial charge in [-0.3, -0.25) is 0 Å². The molecule has 0 spiro atoms. The van der Waals surface area contributed by atoms with Gasteiger partial charge in [0.1, 0.15) is 12.4 Å². The molecular weight excluding hydrogens is 328 g/mol. The summed E-state index contributed by atoms with van der Waals surface area (Å²) in [5.41, 5.74) is 0. The van der Waals surface area contributed by atoms with E-state index in [2.05, 4.69) is 49.6 Å². The van der Waals surface area contributed by atoms with Gasteiger partial charge in [0, 0.05) is 0 Å². The molecule has 0 amide bonds. The van der Waals surface area contributed by atoms with Crippen molar-refractivity contribution in [3.05, 3.63) is 18.2 Å². The molecule has 0 aromatic carbocycles. The van der Waals surface area contributed by atoms with Gasteiger partial charge in [0.05, 0.1) is 12.0 Å². The van der Waals surface area contributed by atoms with E-state index in [1.807, 2.05) is 0 Å². The van der Waals surface area contributed by atoms with E-state index in [1.54, 1.807) is 0 Å². The van der Waals surface area contributed by atoms with Crippen LogP contribution in [0.15, 0.2) is 12.4 Å².